The largest absolute Gasteiger partial charge is 0.302 e. The Morgan fingerprint density at radius 3 is 2.29 bits per heavy atom. The summed E-state index contributed by atoms with van der Waals surface area (Å²) in [5.74, 6) is 6.61. The first-order valence-electron chi connectivity index (χ1n) is 7.20. The van der Waals surface area contributed by atoms with Gasteiger partial charge in [0.2, 0.25) is 0 Å². The van der Waals surface area contributed by atoms with Gasteiger partial charge in [-0.1, -0.05) is 39.5 Å². The topological polar surface area (TPSA) is 41.3 Å². The summed E-state index contributed by atoms with van der Waals surface area (Å²) >= 11 is 0. The lowest BCUT2D eigenvalue weighted by Crippen LogP contribution is -2.59. The average Bonchev–Trinajstić information content (AvgIpc) is 2.76. The molecule has 0 aliphatic heterocycles. The predicted molar refractivity (Wildman–Crippen MR) is 74.7 cm³/mol. The van der Waals surface area contributed by atoms with Gasteiger partial charge in [-0.2, -0.15) is 0 Å². The zero-order valence-corrected chi connectivity index (χ0v) is 12.1. The zero-order valence-electron chi connectivity index (χ0n) is 12.1. The maximum Gasteiger partial charge on any atom is 0.0397 e. The molecule has 0 amide bonds. The summed E-state index contributed by atoms with van der Waals surface area (Å²) < 4.78 is 0. The lowest BCUT2D eigenvalue weighted by Gasteiger charge is -2.44. The molecule has 17 heavy (non-hydrogen) atoms. The highest BCUT2D eigenvalue weighted by atomic mass is 15.3. The van der Waals surface area contributed by atoms with Gasteiger partial charge < -0.3 is 4.90 Å². The van der Waals surface area contributed by atoms with Crippen LogP contribution in [0, 0.1) is 5.92 Å². The fourth-order valence-electron chi connectivity index (χ4n) is 3.55. The molecule has 0 heterocycles. The Morgan fingerprint density at radius 2 is 1.88 bits per heavy atom. The predicted octanol–water partition coefficient (Wildman–Crippen LogP) is 2.52. The summed E-state index contributed by atoms with van der Waals surface area (Å²) in [6, 6.07) is 0.432. The summed E-state index contributed by atoms with van der Waals surface area (Å²) in [7, 11) is 4.42. The van der Waals surface area contributed by atoms with Gasteiger partial charge in [-0.25, -0.2) is 0 Å². The second kappa shape index (κ2) is 6.72. The Kier molecular flexibility index (Phi) is 5.90. The molecule has 1 fully saturated rings. The fourth-order valence-corrected chi connectivity index (χ4v) is 3.55. The van der Waals surface area contributed by atoms with Crippen molar-refractivity contribution in [2.45, 2.75) is 70.4 Å². The molecule has 2 atom stereocenters. The lowest BCUT2D eigenvalue weighted by molar-refractivity contribution is 0.0912. The molecule has 1 rings (SSSR count). The summed E-state index contributed by atoms with van der Waals surface area (Å²) in [5, 5.41) is 0. The van der Waals surface area contributed by atoms with E-state index in [1.165, 1.54) is 44.9 Å². The van der Waals surface area contributed by atoms with E-state index >= 15 is 0 Å². The summed E-state index contributed by atoms with van der Waals surface area (Å²) in [4.78, 5) is 2.41. The molecule has 3 N–H and O–H groups in total. The van der Waals surface area contributed by atoms with E-state index in [1.807, 2.05) is 0 Å². The third kappa shape index (κ3) is 3.43. The second-order valence-electron chi connectivity index (χ2n) is 6.05. The van der Waals surface area contributed by atoms with Crippen molar-refractivity contribution in [1.82, 2.24) is 10.3 Å². The maximum atomic E-state index is 5.84. The van der Waals surface area contributed by atoms with Gasteiger partial charge in [0, 0.05) is 11.6 Å². The third-order valence-electron chi connectivity index (χ3n) is 4.63. The smallest absolute Gasteiger partial charge is 0.0397 e. The van der Waals surface area contributed by atoms with E-state index in [1.54, 1.807) is 0 Å². The first-order valence-corrected chi connectivity index (χ1v) is 7.20. The van der Waals surface area contributed by atoms with Crippen LogP contribution in [0.2, 0.25) is 0 Å². The number of nitrogens with zero attached hydrogens (tertiary/aromatic N) is 1. The van der Waals surface area contributed by atoms with Gasteiger partial charge in [0.15, 0.2) is 0 Å². The summed E-state index contributed by atoms with van der Waals surface area (Å²) in [6.45, 7) is 4.62. The van der Waals surface area contributed by atoms with Crippen LogP contribution in [0.5, 0.6) is 0 Å². The van der Waals surface area contributed by atoms with Crippen LogP contribution in [0.15, 0.2) is 0 Å². The maximum absolute atomic E-state index is 5.84. The molecule has 2 unspecified atom stereocenters. The Bertz CT molecular complexity index is 210. The van der Waals surface area contributed by atoms with Crippen LogP contribution in [-0.4, -0.2) is 30.6 Å². The Hall–Kier alpha value is -0.120. The van der Waals surface area contributed by atoms with Crippen LogP contribution >= 0.6 is 0 Å². The number of hydrazine groups is 1. The summed E-state index contributed by atoms with van der Waals surface area (Å²) in [6.07, 6.45) is 9.04. The molecule has 0 aromatic carbocycles. The molecule has 0 aromatic heterocycles. The van der Waals surface area contributed by atoms with Crippen LogP contribution < -0.4 is 11.3 Å². The quantitative estimate of drug-likeness (QED) is 0.531. The molecular formula is C14H31N3. The van der Waals surface area contributed by atoms with Crippen molar-refractivity contribution in [3.8, 4) is 0 Å². The minimum Gasteiger partial charge on any atom is -0.302 e. The van der Waals surface area contributed by atoms with Gasteiger partial charge in [-0.15, -0.1) is 0 Å². The number of nitrogens with two attached hydrogens (primary N) is 1. The number of likely N-dealkylation sites (N-methyl/N-ethyl adjacent to an activating group) is 1. The molecule has 0 saturated heterocycles. The van der Waals surface area contributed by atoms with Crippen molar-refractivity contribution in [2.75, 3.05) is 14.1 Å². The monoisotopic (exact) mass is 241 g/mol. The molecule has 1 saturated carbocycles. The van der Waals surface area contributed by atoms with Gasteiger partial charge in [0.05, 0.1) is 0 Å². The molecule has 1 aliphatic carbocycles. The second-order valence-corrected chi connectivity index (χ2v) is 6.05. The highest BCUT2D eigenvalue weighted by molar-refractivity contribution is 5.01. The highest BCUT2D eigenvalue weighted by Crippen LogP contribution is 2.38. The van der Waals surface area contributed by atoms with Gasteiger partial charge in [-0.05, 0) is 39.3 Å². The van der Waals surface area contributed by atoms with Crippen molar-refractivity contribution >= 4 is 0 Å². The molecule has 102 valence electrons. The van der Waals surface area contributed by atoms with Crippen LogP contribution in [0.4, 0.5) is 0 Å². The number of hydrogen-bond donors (Lipinski definition) is 2. The van der Waals surface area contributed by atoms with E-state index in [-0.39, 0.29) is 5.54 Å². The molecule has 0 bridgehead atoms. The molecule has 0 spiro atoms. The fraction of sp³-hybridized carbons (Fsp3) is 1.00. The molecule has 0 aromatic rings. The molecule has 3 nitrogen and oxygen atoms in total. The first kappa shape index (κ1) is 14.9. The third-order valence-corrected chi connectivity index (χ3v) is 4.63. The van der Waals surface area contributed by atoms with Gasteiger partial charge in [0.25, 0.3) is 0 Å². The van der Waals surface area contributed by atoms with E-state index in [0.717, 1.165) is 5.92 Å². The Labute approximate surface area is 107 Å². The average molecular weight is 241 g/mol. The molecule has 1 aliphatic rings. The van der Waals surface area contributed by atoms with E-state index < -0.39 is 0 Å². The first-order chi connectivity index (χ1) is 8.06. The summed E-state index contributed by atoms with van der Waals surface area (Å²) in [5.41, 5.74) is 3.40. The van der Waals surface area contributed by atoms with Gasteiger partial charge in [-0.3, -0.25) is 11.3 Å². The number of nitrogens with one attached hydrogen (secondary N) is 1. The Balaban J connectivity index is 2.69. The van der Waals surface area contributed by atoms with E-state index in [0.29, 0.717) is 6.04 Å². The van der Waals surface area contributed by atoms with E-state index in [4.69, 9.17) is 5.84 Å². The highest BCUT2D eigenvalue weighted by Gasteiger charge is 2.42. The van der Waals surface area contributed by atoms with Crippen molar-refractivity contribution in [1.29, 1.82) is 0 Å². The van der Waals surface area contributed by atoms with Crippen LogP contribution in [0.1, 0.15) is 58.8 Å². The standard InChI is InChI=1S/C14H31N3/c1-5-8-12(2)11-13(16-15)14(17(3)4)9-6-7-10-14/h12-13,16H,5-11,15H2,1-4H3. The SMILES string of the molecule is CCCC(C)CC(NN)C1(N(C)C)CCCC1. The number of hydrogen-bond acceptors (Lipinski definition) is 3. The van der Waals surface area contributed by atoms with Crippen molar-refractivity contribution in [2.24, 2.45) is 11.8 Å². The molecule has 0 radical (unpaired) electrons. The molecule has 3 heteroatoms. The Morgan fingerprint density at radius 1 is 1.29 bits per heavy atom. The van der Waals surface area contributed by atoms with Crippen molar-refractivity contribution in [3.05, 3.63) is 0 Å². The zero-order chi connectivity index (χ0) is 12.9. The minimum atomic E-state index is 0.288. The molecular weight excluding hydrogens is 210 g/mol. The van der Waals surface area contributed by atoms with Crippen LogP contribution in [-0.2, 0) is 0 Å². The van der Waals surface area contributed by atoms with E-state index in [2.05, 4.69) is 38.3 Å². The van der Waals surface area contributed by atoms with Crippen LogP contribution in [0.25, 0.3) is 0 Å². The van der Waals surface area contributed by atoms with Crippen molar-refractivity contribution < 1.29 is 0 Å². The van der Waals surface area contributed by atoms with Crippen LogP contribution in [0.3, 0.4) is 0 Å². The lowest BCUT2D eigenvalue weighted by atomic mass is 9.81. The van der Waals surface area contributed by atoms with Gasteiger partial charge >= 0.3 is 0 Å². The minimum absolute atomic E-state index is 0.288. The number of rotatable bonds is 7. The van der Waals surface area contributed by atoms with Crippen molar-refractivity contribution in [3.63, 3.8) is 0 Å². The normalized spacial score (nSPS) is 22.9. The van der Waals surface area contributed by atoms with Gasteiger partial charge in [0.1, 0.15) is 0 Å². The van der Waals surface area contributed by atoms with E-state index in [9.17, 15) is 0 Å².